The van der Waals surface area contributed by atoms with Crippen molar-refractivity contribution < 1.29 is 14.6 Å². The summed E-state index contributed by atoms with van der Waals surface area (Å²) in [6.45, 7) is 0.222. The first kappa shape index (κ1) is 10.5. The normalized spacial score (nSPS) is 9.86. The summed E-state index contributed by atoms with van der Waals surface area (Å²) in [6.07, 6.45) is 0. The molecule has 14 heavy (non-hydrogen) atoms. The molecule has 0 spiro atoms. The van der Waals surface area contributed by atoms with Gasteiger partial charge in [-0.05, 0) is 25.2 Å². The van der Waals surface area contributed by atoms with E-state index in [9.17, 15) is 9.90 Å². The highest BCUT2D eigenvalue weighted by molar-refractivity contribution is 6.00. The molecule has 76 valence electrons. The highest BCUT2D eigenvalue weighted by atomic mass is 16.5. The highest BCUT2D eigenvalue weighted by Gasteiger charge is 2.11. The second-order valence-corrected chi connectivity index (χ2v) is 2.84. The van der Waals surface area contributed by atoms with Gasteiger partial charge in [0.15, 0.2) is 5.78 Å². The van der Waals surface area contributed by atoms with Crippen LogP contribution in [0, 0.1) is 0 Å². The molecule has 0 aromatic heterocycles. The summed E-state index contributed by atoms with van der Waals surface area (Å²) in [6, 6.07) is 4.45. The number of rotatable bonds is 4. The summed E-state index contributed by atoms with van der Waals surface area (Å²) >= 11 is 0. The van der Waals surface area contributed by atoms with Gasteiger partial charge >= 0.3 is 0 Å². The van der Waals surface area contributed by atoms with Crippen molar-refractivity contribution in [1.29, 1.82) is 0 Å². The minimum Gasteiger partial charge on any atom is -0.508 e. The molecule has 0 heterocycles. The quantitative estimate of drug-likeness (QED) is 0.698. The molecule has 4 heteroatoms. The van der Waals surface area contributed by atoms with Crippen molar-refractivity contribution in [2.45, 2.75) is 0 Å². The number of carbonyl (C=O) groups excluding carboxylic acids is 1. The molecule has 1 rings (SSSR count). The van der Waals surface area contributed by atoms with Crippen LogP contribution in [0.3, 0.4) is 0 Å². The molecule has 1 aromatic carbocycles. The fraction of sp³-hybridized carbons (Fsp3) is 0.300. The molecule has 0 aliphatic rings. The lowest BCUT2D eigenvalue weighted by Gasteiger charge is -2.07. The van der Waals surface area contributed by atoms with Crippen molar-refractivity contribution in [1.82, 2.24) is 5.32 Å². The molecule has 0 saturated heterocycles. The predicted octanol–water partition coefficient (Wildman–Crippen LogP) is 0.803. The molecule has 0 aliphatic carbocycles. The van der Waals surface area contributed by atoms with Crippen LogP contribution in [0.1, 0.15) is 10.4 Å². The third kappa shape index (κ3) is 2.23. The molecule has 0 aliphatic heterocycles. The van der Waals surface area contributed by atoms with E-state index >= 15 is 0 Å². The number of hydrogen-bond donors (Lipinski definition) is 2. The first-order valence-corrected chi connectivity index (χ1v) is 4.24. The van der Waals surface area contributed by atoms with Gasteiger partial charge in [-0.3, -0.25) is 4.79 Å². The van der Waals surface area contributed by atoms with Crippen LogP contribution < -0.4 is 10.1 Å². The summed E-state index contributed by atoms with van der Waals surface area (Å²) in [5.74, 6) is 0.425. The number of phenols is 1. The third-order valence-electron chi connectivity index (χ3n) is 1.82. The average molecular weight is 195 g/mol. The fourth-order valence-electron chi connectivity index (χ4n) is 1.17. The number of Topliss-reactive ketones (excluding diaryl/α,β-unsaturated/α-hetero) is 1. The van der Waals surface area contributed by atoms with Gasteiger partial charge in [0.05, 0.1) is 19.2 Å². The number of aromatic hydroxyl groups is 1. The lowest BCUT2D eigenvalue weighted by molar-refractivity contribution is 0.0990. The predicted molar refractivity (Wildman–Crippen MR) is 52.9 cm³/mol. The van der Waals surface area contributed by atoms with Gasteiger partial charge < -0.3 is 15.2 Å². The first-order valence-electron chi connectivity index (χ1n) is 4.24. The van der Waals surface area contributed by atoms with Crippen LogP contribution in [0.25, 0.3) is 0 Å². The van der Waals surface area contributed by atoms with Crippen molar-refractivity contribution in [3.05, 3.63) is 23.8 Å². The minimum absolute atomic E-state index is 0.0604. The molecule has 0 bridgehead atoms. The van der Waals surface area contributed by atoms with Crippen LogP contribution >= 0.6 is 0 Å². The smallest absolute Gasteiger partial charge is 0.180 e. The van der Waals surface area contributed by atoms with Crippen molar-refractivity contribution in [2.75, 3.05) is 20.7 Å². The highest BCUT2D eigenvalue weighted by Crippen LogP contribution is 2.23. The molecule has 0 amide bonds. The van der Waals surface area contributed by atoms with E-state index in [-0.39, 0.29) is 18.1 Å². The van der Waals surface area contributed by atoms with Crippen LogP contribution in [0.5, 0.6) is 11.5 Å². The van der Waals surface area contributed by atoms with Gasteiger partial charge in [0.25, 0.3) is 0 Å². The van der Waals surface area contributed by atoms with E-state index in [2.05, 4.69) is 5.32 Å². The SMILES string of the molecule is CNCC(=O)c1cc(O)ccc1OC. The van der Waals surface area contributed by atoms with Crippen LogP contribution in [-0.2, 0) is 0 Å². The van der Waals surface area contributed by atoms with Gasteiger partial charge in [-0.2, -0.15) is 0 Å². The second kappa shape index (κ2) is 4.62. The Morgan fingerprint density at radius 3 is 2.86 bits per heavy atom. The van der Waals surface area contributed by atoms with Gasteiger partial charge in [0, 0.05) is 0 Å². The van der Waals surface area contributed by atoms with Crippen molar-refractivity contribution in [3.8, 4) is 11.5 Å². The Balaban J connectivity index is 3.03. The first-order chi connectivity index (χ1) is 6.69. The topological polar surface area (TPSA) is 58.6 Å². The van der Waals surface area contributed by atoms with Crippen molar-refractivity contribution in [2.24, 2.45) is 0 Å². The van der Waals surface area contributed by atoms with E-state index in [0.717, 1.165) is 0 Å². The lowest BCUT2D eigenvalue weighted by atomic mass is 10.1. The van der Waals surface area contributed by atoms with E-state index in [4.69, 9.17) is 4.74 Å². The summed E-state index contributed by atoms with van der Waals surface area (Å²) < 4.78 is 5.01. The van der Waals surface area contributed by atoms with Gasteiger partial charge in [-0.25, -0.2) is 0 Å². The summed E-state index contributed by atoms with van der Waals surface area (Å²) in [5.41, 5.74) is 0.391. The maximum atomic E-state index is 11.5. The van der Waals surface area contributed by atoms with Gasteiger partial charge in [-0.15, -0.1) is 0 Å². The van der Waals surface area contributed by atoms with Crippen LogP contribution in [-0.4, -0.2) is 31.6 Å². The van der Waals surface area contributed by atoms with E-state index in [1.165, 1.54) is 19.2 Å². The molecule has 0 unspecified atom stereocenters. The van der Waals surface area contributed by atoms with E-state index in [1.54, 1.807) is 13.1 Å². The summed E-state index contributed by atoms with van der Waals surface area (Å²) in [5, 5.41) is 12.0. The number of benzene rings is 1. The molecule has 1 aromatic rings. The van der Waals surface area contributed by atoms with Gasteiger partial charge in [-0.1, -0.05) is 0 Å². The molecule has 2 N–H and O–H groups in total. The maximum absolute atomic E-state index is 11.5. The molecule has 0 fully saturated rings. The van der Waals surface area contributed by atoms with E-state index < -0.39 is 0 Å². The maximum Gasteiger partial charge on any atom is 0.180 e. The van der Waals surface area contributed by atoms with E-state index in [1.807, 2.05) is 0 Å². The Bertz CT molecular complexity index is 336. The van der Waals surface area contributed by atoms with Crippen molar-refractivity contribution >= 4 is 5.78 Å². The molecular formula is C10H13NO3. The molecule has 0 saturated carbocycles. The lowest BCUT2D eigenvalue weighted by Crippen LogP contribution is -2.19. The standard InChI is InChI=1S/C10H13NO3/c1-11-6-9(13)8-5-7(12)3-4-10(8)14-2/h3-5,11-12H,6H2,1-2H3. The Labute approximate surface area is 82.5 Å². The monoisotopic (exact) mass is 195 g/mol. The molecule has 0 atom stereocenters. The summed E-state index contributed by atoms with van der Waals surface area (Å²) in [4.78, 5) is 11.5. The van der Waals surface area contributed by atoms with Crippen LogP contribution in [0.4, 0.5) is 0 Å². The zero-order chi connectivity index (χ0) is 10.6. The Hall–Kier alpha value is -1.55. The number of nitrogens with one attached hydrogen (secondary N) is 1. The van der Waals surface area contributed by atoms with Crippen LogP contribution in [0.15, 0.2) is 18.2 Å². The average Bonchev–Trinajstić information content (AvgIpc) is 2.18. The number of likely N-dealkylation sites (N-methyl/N-ethyl adjacent to an activating group) is 1. The number of carbonyl (C=O) groups is 1. The Morgan fingerprint density at radius 1 is 1.57 bits per heavy atom. The van der Waals surface area contributed by atoms with Crippen LogP contribution in [0.2, 0.25) is 0 Å². The second-order valence-electron chi connectivity index (χ2n) is 2.84. The zero-order valence-corrected chi connectivity index (χ0v) is 8.20. The number of hydrogen-bond acceptors (Lipinski definition) is 4. The Morgan fingerprint density at radius 2 is 2.29 bits per heavy atom. The zero-order valence-electron chi connectivity index (χ0n) is 8.20. The minimum atomic E-state index is -0.111. The number of phenolic OH excluding ortho intramolecular Hbond substituents is 1. The van der Waals surface area contributed by atoms with Gasteiger partial charge in [0.2, 0.25) is 0 Å². The molecule has 0 radical (unpaired) electrons. The largest absolute Gasteiger partial charge is 0.508 e. The van der Waals surface area contributed by atoms with Crippen molar-refractivity contribution in [3.63, 3.8) is 0 Å². The molecular weight excluding hydrogens is 182 g/mol. The van der Waals surface area contributed by atoms with E-state index in [0.29, 0.717) is 11.3 Å². The Kier molecular flexibility index (Phi) is 3.48. The third-order valence-corrected chi connectivity index (χ3v) is 1.82. The fourth-order valence-corrected chi connectivity index (χ4v) is 1.17. The van der Waals surface area contributed by atoms with Gasteiger partial charge in [0.1, 0.15) is 11.5 Å². The number of ether oxygens (including phenoxy) is 1. The molecule has 4 nitrogen and oxygen atoms in total. The number of methoxy groups -OCH3 is 1. The number of ketones is 1. The summed E-state index contributed by atoms with van der Waals surface area (Å²) in [7, 11) is 3.18.